The zero-order valence-corrected chi connectivity index (χ0v) is 13.9. The molecule has 5 nitrogen and oxygen atoms in total. The average molecular weight is 325 g/mol. The van der Waals surface area contributed by atoms with Crippen LogP contribution in [-0.4, -0.2) is 29.2 Å². The number of hydrogen-bond donors (Lipinski definition) is 1. The van der Waals surface area contributed by atoms with E-state index in [4.69, 9.17) is 9.47 Å². The third kappa shape index (κ3) is 4.24. The first-order valence-electron chi connectivity index (χ1n) is 7.46. The van der Waals surface area contributed by atoms with E-state index in [1.165, 1.54) is 38.7 Å². The highest BCUT2D eigenvalue weighted by Gasteiger charge is 2.19. The number of ether oxygens (including phenoxy) is 2. The highest BCUT2D eigenvalue weighted by molar-refractivity contribution is 7.89. The van der Waals surface area contributed by atoms with E-state index < -0.39 is 10.0 Å². The van der Waals surface area contributed by atoms with Crippen LogP contribution < -0.4 is 14.2 Å². The second-order valence-corrected chi connectivity index (χ2v) is 7.01. The molecule has 1 N–H and O–H groups in total. The molecule has 6 heteroatoms. The molecule has 0 saturated carbocycles. The minimum atomic E-state index is -3.59. The van der Waals surface area contributed by atoms with Gasteiger partial charge in [-0.05, 0) is 44.2 Å². The Hall–Kier alpha value is -1.53. The summed E-state index contributed by atoms with van der Waals surface area (Å²) in [6.07, 6.45) is 7.61. The molecule has 0 spiro atoms. The molecule has 1 aliphatic rings. The summed E-state index contributed by atoms with van der Waals surface area (Å²) >= 11 is 0. The van der Waals surface area contributed by atoms with Crippen molar-refractivity contribution in [2.75, 3.05) is 20.8 Å². The van der Waals surface area contributed by atoms with Crippen molar-refractivity contribution < 1.29 is 17.9 Å². The molecule has 0 aliphatic heterocycles. The van der Waals surface area contributed by atoms with Crippen LogP contribution in [0.1, 0.15) is 32.1 Å². The molecule has 0 heterocycles. The first-order valence-corrected chi connectivity index (χ1v) is 8.95. The van der Waals surface area contributed by atoms with E-state index in [9.17, 15) is 8.42 Å². The Kier molecular flexibility index (Phi) is 5.85. The van der Waals surface area contributed by atoms with E-state index in [2.05, 4.69) is 10.8 Å². The van der Waals surface area contributed by atoms with Crippen LogP contribution in [0, 0.1) is 0 Å². The highest BCUT2D eigenvalue weighted by atomic mass is 32.2. The normalized spacial score (nSPS) is 15.3. The fourth-order valence-corrected chi connectivity index (χ4v) is 3.73. The number of benzene rings is 1. The smallest absolute Gasteiger partial charge is 0.244 e. The van der Waals surface area contributed by atoms with Gasteiger partial charge in [0.1, 0.15) is 16.4 Å². The van der Waals surface area contributed by atoms with Gasteiger partial charge >= 0.3 is 0 Å². The number of allylic oxidation sites excluding steroid dienone is 1. The standard InChI is InChI=1S/C16H23NO4S/c1-20-14-8-9-16(15(12-14)21-2)22(18,19)17-11-10-13-6-4-3-5-7-13/h6,8-9,12,17H,3-5,7,10-11H2,1-2H3. The van der Waals surface area contributed by atoms with E-state index in [1.54, 1.807) is 12.1 Å². The Morgan fingerprint density at radius 2 is 2.00 bits per heavy atom. The second kappa shape index (κ2) is 7.65. The predicted octanol–water partition coefficient (Wildman–Crippen LogP) is 2.87. The van der Waals surface area contributed by atoms with Crippen molar-refractivity contribution in [3.05, 3.63) is 29.8 Å². The van der Waals surface area contributed by atoms with Gasteiger partial charge in [0.2, 0.25) is 10.0 Å². The zero-order valence-electron chi connectivity index (χ0n) is 13.1. The van der Waals surface area contributed by atoms with E-state index in [0.717, 1.165) is 19.3 Å². The van der Waals surface area contributed by atoms with Crippen LogP contribution in [0.5, 0.6) is 11.5 Å². The molecule has 1 aromatic rings. The predicted molar refractivity (Wildman–Crippen MR) is 85.9 cm³/mol. The first kappa shape index (κ1) is 16.8. The molecule has 0 fully saturated rings. The molecule has 0 atom stereocenters. The molecule has 0 unspecified atom stereocenters. The van der Waals surface area contributed by atoms with E-state index in [1.807, 2.05) is 0 Å². The minimum absolute atomic E-state index is 0.133. The molecular weight excluding hydrogens is 302 g/mol. The number of rotatable bonds is 7. The van der Waals surface area contributed by atoms with Crippen LogP contribution in [0.2, 0.25) is 0 Å². The Bertz CT molecular complexity index is 638. The molecule has 1 aromatic carbocycles. The van der Waals surface area contributed by atoms with Gasteiger partial charge in [-0.2, -0.15) is 0 Å². The number of nitrogens with one attached hydrogen (secondary N) is 1. The van der Waals surface area contributed by atoms with Crippen LogP contribution in [0.3, 0.4) is 0 Å². The van der Waals surface area contributed by atoms with Crippen molar-refractivity contribution in [3.63, 3.8) is 0 Å². The maximum atomic E-state index is 12.4. The average Bonchev–Trinajstić information content (AvgIpc) is 2.55. The topological polar surface area (TPSA) is 64.6 Å². The monoisotopic (exact) mass is 325 g/mol. The van der Waals surface area contributed by atoms with Crippen molar-refractivity contribution in [2.45, 2.75) is 37.0 Å². The molecule has 0 radical (unpaired) electrons. The van der Waals surface area contributed by atoms with E-state index in [-0.39, 0.29) is 10.6 Å². The summed E-state index contributed by atoms with van der Waals surface area (Å²) in [5, 5.41) is 0. The second-order valence-electron chi connectivity index (χ2n) is 5.27. The molecule has 0 saturated heterocycles. The number of methoxy groups -OCH3 is 2. The third-order valence-electron chi connectivity index (χ3n) is 3.78. The van der Waals surface area contributed by atoms with Gasteiger partial charge < -0.3 is 9.47 Å². The minimum Gasteiger partial charge on any atom is -0.497 e. The number of sulfonamides is 1. The van der Waals surface area contributed by atoms with E-state index >= 15 is 0 Å². The largest absolute Gasteiger partial charge is 0.497 e. The summed E-state index contributed by atoms with van der Waals surface area (Å²) in [4.78, 5) is 0.133. The molecule has 122 valence electrons. The van der Waals surface area contributed by atoms with Gasteiger partial charge in [0.05, 0.1) is 14.2 Å². The Balaban J connectivity index is 2.04. The van der Waals surface area contributed by atoms with Gasteiger partial charge in [0.25, 0.3) is 0 Å². The lowest BCUT2D eigenvalue weighted by molar-refractivity contribution is 0.386. The van der Waals surface area contributed by atoms with E-state index in [0.29, 0.717) is 12.3 Å². The summed E-state index contributed by atoms with van der Waals surface area (Å²) in [6, 6.07) is 4.68. The highest BCUT2D eigenvalue weighted by Crippen LogP contribution is 2.28. The Labute approximate surface area is 132 Å². The summed E-state index contributed by atoms with van der Waals surface area (Å²) in [6.45, 7) is 0.406. The summed E-state index contributed by atoms with van der Waals surface area (Å²) in [5.41, 5.74) is 1.34. The zero-order chi connectivity index (χ0) is 16.0. The molecular formula is C16H23NO4S. The fraction of sp³-hybridized carbons (Fsp3) is 0.500. The molecule has 0 aromatic heterocycles. The van der Waals surface area contributed by atoms with Gasteiger partial charge in [-0.3, -0.25) is 0 Å². The lowest BCUT2D eigenvalue weighted by Gasteiger charge is -2.14. The van der Waals surface area contributed by atoms with Crippen LogP contribution in [-0.2, 0) is 10.0 Å². The van der Waals surface area contributed by atoms with Gasteiger partial charge in [-0.15, -0.1) is 0 Å². The van der Waals surface area contributed by atoms with Gasteiger partial charge in [-0.1, -0.05) is 11.6 Å². The first-order chi connectivity index (χ1) is 10.6. The third-order valence-corrected chi connectivity index (χ3v) is 5.28. The lowest BCUT2D eigenvalue weighted by atomic mass is 9.97. The molecule has 22 heavy (non-hydrogen) atoms. The van der Waals surface area contributed by atoms with Gasteiger partial charge in [-0.25, -0.2) is 13.1 Å². The molecule has 0 amide bonds. The van der Waals surface area contributed by atoms with Crippen molar-refractivity contribution in [1.82, 2.24) is 4.72 Å². The van der Waals surface area contributed by atoms with Crippen molar-refractivity contribution in [3.8, 4) is 11.5 Å². The summed E-state index contributed by atoms with van der Waals surface area (Å²) in [5.74, 6) is 0.840. The number of hydrogen-bond acceptors (Lipinski definition) is 4. The maximum absolute atomic E-state index is 12.4. The Morgan fingerprint density at radius 3 is 2.64 bits per heavy atom. The van der Waals surface area contributed by atoms with Crippen molar-refractivity contribution in [1.29, 1.82) is 0 Å². The van der Waals surface area contributed by atoms with Gasteiger partial charge in [0.15, 0.2) is 0 Å². The molecule has 1 aliphatic carbocycles. The van der Waals surface area contributed by atoms with Crippen LogP contribution in [0.15, 0.2) is 34.7 Å². The SMILES string of the molecule is COc1ccc(S(=O)(=O)NCCC2=CCCCC2)c(OC)c1. The molecule has 0 bridgehead atoms. The van der Waals surface area contributed by atoms with Crippen LogP contribution in [0.4, 0.5) is 0 Å². The summed E-state index contributed by atoms with van der Waals surface area (Å²) in [7, 11) is -0.615. The molecule has 2 rings (SSSR count). The van der Waals surface area contributed by atoms with Crippen molar-refractivity contribution in [2.24, 2.45) is 0 Å². The lowest BCUT2D eigenvalue weighted by Crippen LogP contribution is -2.25. The Morgan fingerprint density at radius 1 is 1.18 bits per heavy atom. The summed E-state index contributed by atoms with van der Waals surface area (Å²) < 4.78 is 37.7. The maximum Gasteiger partial charge on any atom is 0.244 e. The van der Waals surface area contributed by atoms with Gasteiger partial charge in [0, 0.05) is 12.6 Å². The van der Waals surface area contributed by atoms with Crippen LogP contribution >= 0.6 is 0 Å². The fourth-order valence-electron chi connectivity index (χ4n) is 2.55. The van der Waals surface area contributed by atoms with Crippen molar-refractivity contribution >= 4 is 10.0 Å². The quantitative estimate of drug-likeness (QED) is 0.783. The van der Waals surface area contributed by atoms with Crippen LogP contribution in [0.25, 0.3) is 0 Å².